The van der Waals surface area contributed by atoms with Crippen LogP contribution in [0.4, 0.5) is 0 Å². The normalized spacial score (nSPS) is 18.5. The van der Waals surface area contributed by atoms with Gasteiger partial charge in [-0.2, -0.15) is 0 Å². The summed E-state index contributed by atoms with van der Waals surface area (Å²) in [6.45, 7) is 2.83. The molecule has 1 saturated heterocycles. The molecule has 0 unspecified atom stereocenters. The molecule has 4 aromatic rings. The van der Waals surface area contributed by atoms with Gasteiger partial charge in [-0.1, -0.05) is 54.6 Å². The number of carbonyl (C=O) groups excluding carboxylic acids is 2. The number of hydrogen-bond acceptors (Lipinski definition) is 4. The van der Waals surface area contributed by atoms with Crippen LogP contribution in [0.2, 0.25) is 0 Å². The van der Waals surface area contributed by atoms with E-state index in [-0.39, 0.29) is 17.9 Å². The highest BCUT2D eigenvalue weighted by Crippen LogP contribution is 2.30. The summed E-state index contributed by atoms with van der Waals surface area (Å²) in [6.07, 6.45) is 5.18. The lowest BCUT2D eigenvalue weighted by Crippen LogP contribution is -2.53. The molecule has 3 atom stereocenters. The van der Waals surface area contributed by atoms with E-state index in [0.717, 1.165) is 29.6 Å². The number of carbonyl (C=O) groups is 2. The van der Waals surface area contributed by atoms with E-state index in [4.69, 9.17) is 0 Å². The minimum Gasteiger partial charge on any atom is -0.357 e. The highest BCUT2D eigenvalue weighted by atomic mass is 16.2. The van der Waals surface area contributed by atoms with Gasteiger partial charge in [0.2, 0.25) is 11.8 Å². The van der Waals surface area contributed by atoms with Crippen LogP contribution in [0.3, 0.4) is 0 Å². The molecular formula is C29H31N5O2. The fraction of sp³-hybridized carbons (Fsp3) is 0.276. The van der Waals surface area contributed by atoms with Crippen molar-refractivity contribution in [3.63, 3.8) is 0 Å². The molecule has 0 radical (unpaired) electrons. The second kappa shape index (κ2) is 10.7. The Balaban J connectivity index is 1.13. The number of benzene rings is 2. The molecule has 184 valence electrons. The number of aromatic nitrogens is 2. The van der Waals surface area contributed by atoms with E-state index in [0.29, 0.717) is 18.9 Å². The van der Waals surface area contributed by atoms with Gasteiger partial charge in [0.05, 0.1) is 12.6 Å². The van der Waals surface area contributed by atoms with Gasteiger partial charge in [0, 0.05) is 29.0 Å². The average Bonchev–Trinajstić information content (AvgIpc) is 3.35. The van der Waals surface area contributed by atoms with Gasteiger partial charge in [0.15, 0.2) is 0 Å². The Bertz CT molecular complexity index is 1300. The van der Waals surface area contributed by atoms with Crippen LogP contribution in [0, 0.1) is 0 Å². The first-order chi connectivity index (χ1) is 17.6. The summed E-state index contributed by atoms with van der Waals surface area (Å²) in [5.74, 6) is -0.0589. The van der Waals surface area contributed by atoms with Gasteiger partial charge in [0.25, 0.3) is 0 Å². The topological polar surface area (TPSA) is 98.9 Å². The van der Waals surface area contributed by atoms with Crippen molar-refractivity contribution in [2.75, 3.05) is 6.54 Å². The van der Waals surface area contributed by atoms with Crippen molar-refractivity contribution in [2.45, 2.75) is 44.3 Å². The van der Waals surface area contributed by atoms with Crippen molar-refractivity contribution in [3.8, 4) is 11.1 Å². The molecule has 0 spiro atoms. The van der Waals surface area contributed by atoms with Gasteiger partial charge >= 0.3 is 0 Å². The molecule has 0 aliphatic carbocycles. The predicted molar refractivity (Wildman–Crippen MR) is 141 cm³/mol. The van der Waals surface area contributed by atoms with E-state index in [1.54, 1.807) is 19.3 Å². The standard InChI is InChI=1S/C29H31N5O2/c1-19(28(35)32-18-25-15-24-17-30-13-12-26(24)34-25)33-29(36)27-16-23(11-14-31-27)22-9-7-21(8-10-22)20-5-3-2-4-6-20/h2-10,12-13,15,17,19,23,27,31,34H,11,14,16,18H2,1H3,(H,32,35)(H,33,36)/t19-,23-,27+/m0/s1. The monoisotopic (exact) mass is 481 g/mol. The van der Waals surface area contributed by atoms with Crippen molar-refractivity contribution in [2.24, 2.45) is 0 Å². The van der Waals surface area contributed by atoms with Crippen molar-refractivity contribution in [3.05, 3.63) is 90.4 Å². The van der Waals surface area contributed by atoms with Crippen LogP contribution in [0.1, 0.15) is 36.9 Å². The maximum absolute atomic E-state index is 13.0. The number of fused-ring (bicyclic) bond motifs is 1. The minimum absolute atomic E-state index is 0.139. The Morgan fingerprint density at radius 1 is 1.06 bits per heavy atom. The van der Waals surface area contributed by atoms with Crippen LogP contribution >= 0.6 is 0 Å². The van der Waals surface area contributed by atoms with Gasteiger partial charge in [-0.15, -0.1) is 0 Å². The van der Waals surface area contributed by atoms with Crippen LogP contribution in [0.25, 0.3) is 22.0 Å². The lowest BCUT2D eigenvalue weighted by Gasteiger charge is -2.30. The van der Waals surface area contributed by atoms with Crippen molar-refractivity contribution < 1.29 is 9.59 Å². The Hall–Kier alpha value is -3.97. The van der Waals surface area contributed by atoms with Gasteiger partial charge in [-0.25, -0.2) is 0 Å². The molecule has 1 fully saturated rings. The molecule has 7 nitrogen and oxygen atoms in total. The third kappa shape index (κ3) is 5.47. The van der Waals surface area contributed by atoms with Crippen LogP contribution in [0.5, 0.6) is 0 Å². The molecule has 2 aromatic carbocycles. The van der Waals surface area contributed by atoms with E-state index < -0.39 is 6.04 Å². The predicted octanol–water partition coefficient (Wildman–Crippen LogP) is 3.89. The fourth-order valence-corrected chi connectivity index (χ4v) is 4.84. The smallest absolute Gasteiger partial charge is 0.242 e. The quantitative estimate of drug-likeness (QED) is 0.322. The third-order valence-electron chi connectivity index (χ3n) is 6.89. The lowest BCUT2D eigenvalue weighted by molar-refractivity contribution is -0.130. The molecule has 36 heavy (non-hydrogen) atoms. The zero-order chi connectivity index (χ0) is 24.9. The highest BCUT2D eigenvalue weighted by Gasteiger charge is 2.29. The number of nitrogens with zero attached hydrogens (tertiary/aromatic N) is 1. The molecule has 0 saturated carbocycles. The van der Waals surface area contributed by atoms with Crippen LogP contribution in [-0.2, 0) is 16.1 Å². The first kappa shape index (κ1) is 23.8. The van der Waals surface area contributed by atoms with Crippen molar-refractivity contribution in [1.29, 1.82) is 0 Å². The molecule has 3 heterocycles. The van der Waals surface area contributed by atoms with Gasteiger partial charge in [-0.3, -0.25) is 14.6 Å². The Labute approximate surface area is 210 Å². The van der Waals surface area contributed by atoms with E-state index in [2.05, 4.69) is 62.3 Å². The van der Waals surface area contributed by atoms with E-state index in [1.807, 2.05) is 30.3 Å². The zero-order valence-corrected chi connectivity index (χ0v) is 20.3. The summed E-state index contributed by atoms with van der Waals surface area (Å²) in [6, 6.07) is 21.9. The number of piperidine rings is 1. The number of hydrogen-bond donors (Lipinski definition) is 4. The summed E-state index contributed by atoms with van der Waals surface area (Å²) in [5.41, 5.74) is 5.49. The van der Waals surface area contributed by atoms with Gasteiger partial charge < -0.3 is 20.9 Å². The zero-order valence-electron chi connectivity index (χ0n) is 20.3. The Morgan fingerprint density at radius 2 is 1.83 bits per heavy atom. The molecule has 2 amide bonds. The Morgan fingerprint density at radius 3 is 2.61 bits per heavy atom. The van der Waals surface area contributed by atoms with Crippen LogP contribution in [-0.4, -0.2) is 40.4 Å². The number of H-pyrrole nitrogens is 1. The Kier molecular flexibility index (Phi) is 7.09. The SMILES string of the molecule is C[C@H](NC(=O)[C@H]1C[C@@H](c2ccc(-c3ccccc3)cc2)CCN1)C(=O)NCc1cc2cnccc2[nH]1. The molecule has 1 aliphatic rings. The molecule has 7 heteroatoms. The van der Waals surface area contributed by atoms with E-state index >= 15 is 0 Å². The van der Waals surface area contributed by atoms with Gasteiger partial charge in [0.1, 0.15) is 6.04 Å². The fourth-order valence-electron chi connectivity index (χ4n) is 4.84. The molecular weight excluding hydrogens is 450 g/mol. The number of amides is 2. The first-order valence-corrected chi connectivity index (χ1v) is 12.5. The minimum atomic E-state index is -0.629. The van der Waals surface area contributed by atoms with E-state index in [1.165, 1.54) is 16.7 Å². The van der Waals surface area contributed by atoms with Crippen LogP contribution in [0.15, 0.2) is 79.1 Å². The van der Waals surface area contributed by atoms with E-state index in [9.17, 15) is 9.59 Å². The maximum Gasteiger partial charge on any atom is 0.242 e. The summed E-state index contributed by atoms with van der Waals surface area (Å²) in [7, 11) is 0. The largest absolute Gasteiger partial charge is 0.357 e. The molecule has 1 aliphatic heterocycles. The summed E-state index contributed by atoms with van der Waals surface area (Å²) >= 11 is 0. The summed E-state index contributed by atoms with van der Waals surface area (Å²) < 4.78 is 0. The molecule has 4 N–H and O–H groups in total. The number of pyridine rings is 1. The van der Waals surface area contributed by atoms with Crippen molar-refractivity contribution in [1.82, 2.24) is 25.9 Å². The number of rotatable bonds is 7. The average molecular weight is 482 g/mol. The molecule has 5 rings (SSSR count). The number of aromatic amines is 1. The summed E-state index contributed by atoms with van der Waals surface area (Å²) in [5, 5.41) is 10.1. The third-order valence-corrected chi connectivity index (χ3v) is 6.89. The second-order valence-corrected chi connectivity index (χ2v) is 9.42. The molecule has 0 bridgehead atoms. The van der Waals surface area contributed by atoms with Crippen LogP contribution < -0.4 is 16.0 Å². The second-order valence-electron chi connectivity index (χ2n) is 9.42. The molecule has 2 aromatic heterocycles. The first-order valence-electron chi connectivity index (χ1n) is 12.5. The van der Waals surface area contributed by atoms with Gasteiger partial charge in [-0.05, 0) is 61.1 Å². The highest BCUT2D eigenvalue weighted by molar-refractivity contribution is 5.89. The lowest BCUT2D eigenvalue weighted by atomic mass is 9.85. The summed E-state index contributed by atoms with van der Waals surface area (Å²) in [4.78, 5) is 32.9. The number of nitrogens with one attached hydrogen (secondary N) is 4. The maximum atomic E-state index is 13.0. The van der Waals surface area contributed by atoms with Crippen molar-refractivity contribution >= 4 is 22.7 Å².